The highest BCUT2D eigenvalue weighted by atomic mass is 79.9. The van der Waals surface area contributed by atoms with Crippen LogP contribution >= 0.6 is 27.3 Å². The fraction of sp³-hybridized carbons (Fsp3) is 0.625. The summed E-state index contributed by atoms with van der Waals surface area (Å²) in [5, 5.41) is 29.7. The van der Waals surface area contributed by atoms with Gasteiger partial charge in [0.05, 0.1) is 12.2 Å². The van der Waals surface area contributed by atoms with E-state index in [1.54, 1.807) is 11.3 Å². The largest absolute Gasteiger partial charge is 0.481 e. The van der Waals surface area contributed by atoms with Crippen LogP contribution in [0.25, 0.3) is 0 Å². The first-order valence-electron chi connectivity index (χ1n) is 11.0. The number of allylic oxidation sites excluding steroid dienone is 3. The molecule has 5 atom stereocenters. The molecule has 1 aromatic heterocycles. The lowest BCUT2D eigenvalue weighted by Crippen LogP contribution is -2.19. The van der Waals surface area contributed by atoms with Gasteiger partial charge in [-0.1, -0.05) is 37.6 Å². The van der Waals surface area contributed by atoms with Gasteiger partial charge in [-0.25, -0.2) is 0 Å². The van der Waals surface area contributed by atoms with E-state index in [2.05, 4.69) is 48.0 Å². The topological polar surface area (TPSA) is 77.8 Å². The Morgan fingerprint density at radius 1 is 1.40 bits per heavy atom. The summed E-state index contributed by atoms with van der Waals surface area (Å²) in [6.07, 6.45) is 13.1. The number of unbranched alkanes of at least 4 members (excludes halogenated alkanes) is 1. The van der Waals surface area contributed by atoms with Crippen LogP contribution in [0.15, 0.2) is 34.8 Å². The molecule has 3 N–H and O–H groups in total. The van der Waals surface area contributed by atoms with Gasteiger partial charge in [0, 0.05) is 20.6 Å². The summed E-state index contributed by atoms with van der Waals surface area (Å²) in [5.74, 6) is 0.0993. The number of aliphatic hydroxyl groups excluding tert-OH is 2. The van der Waals surface area contributed by atoms with Crippen LogP contribution in [-0.2, 0) is 11.2 Å². The first-order chi connectivity index (χ1) is 14.3. The third-order valence-corrected chi connectivity index (χ3v) is 8.28. The molecule has 1 aliphatic rings. The predicted molar refractivity (Wildman–Crippen MR) is 127 cm³/mol. The van der Waals surface area contributed by atoms with Gasteiger partial charge in [0.25, 0.3) is 0 Å². The van der Waals surface area contributed by atoms with E-state index in [1.807, 2.05) is 12.2 Å². The zero-order valence-electron chi connectivity index (χ0n) is 18.0. The number of carboxylic acids is 1. The monoisotopic (exact) mass is 498 g/mol. The van der Waals surface area contributed by atoms with Crippen molar-refractivity contribution in [2.45, 2.75) is 77.4 Å². The average Bonchev–Trinajstić information content (AvgIpc) is 3.19. The van der Waals surface area contributed by atoms with Gasteiger partial charge in [-0.2, -0.15) is 0 Å². The Balaban J connectivity index is 1.88. The van der Waals surface area contributed by atoms with Crippen LogP contribution in [0.2, 0.25) is 0 Å². The molecule has 0 aliphatic heterocycles. The van der Waals surface area contributed by atoms with E-state index < -0.39 is 12.1 Å². The molecule has 6 heteroatoms. The average molecular weight is 500 g/mol. The van der Waals surface area contributed by atoms with Gasteiger partial charge >= 0.3 is 5.97 Å². The Bertz CT molecular complexity index is 707. The second-order valence-corrected chi connectivity index (χ2v) is 10.5. The van der Waals surface area contributed by atoms with Crippen molar-refractivity contribution in [2.75, 3.05) is 0 Å². The first-order valence-corrected chi connectivity index (χ1v) is 12.6. The highest BCUT2D eigenvalue weighted by molar-refractivity contribution is 9.10. The maximum Gasteiger partial charge on any atom is 0.303 e. The number of carbonyl (C=O) groups is 1. The number of halogens is 1. The molecule has 0 radical (unpaired) electrons. The quantitative estimate of drug-likeness (QED) is 0.248. The number of aliphatic carboxylic acids is 1. The molecule has 1 fully saturated rings. The number of rotatable bonds is 12. The van der Waals surface area contributed by atoms with Crippen LogP contribution in [0.1, 0.15) is 61.6 Å². The molecule has 1 aromatic rings. The van der Waals surface area contributed by atoms with E-state index >= 15 is 0 Å². The van der Waals surface area contributed by atoms with Crippen LogP contribution < -0.4 is 0 Å². The summed E-state index contributed by atoms with van der Waals surface area (Å²) in [4.78, 5) is 13.1. The van der Waals surface area contributed by atoms with Crippen LogP contribution in [0.3, 0.4) is 0 Å². The summed E-state index contributed by atoms with van der Waals surface area (Å²) in [6, 6.07) is 2.13. The number of hydrogen-bond acceptors (Lipinski definition) is 4. The number of hydrogen-bond donors (Lipinski definition) is 3. The van der Waals surface area contributed by atoms with Crippen molar-refractivity contribution in [3.05, 3.63) is 44.6 Å². The minimum Gasteiger partial charge on any atom is -0.481 e. The zero-order chi connectivity index (χ0) is 22.1. The van der Waals surface area contributed by atoms with Crippen molar-refractivity contribution in [1.29, 1.82) is 0 Å². The third kappa shape index (κ3) is 7.95. The van der Waals surface area contributed by atoms with E-state index in [4.69, 9.17) is 5.11 Å². The summed E-state index contributed by atoms with van der Waals surface area (Å²) < 4.78 is 1.14. The Morgan fingerprint density at radius 3 is 2.80 bits per heavy atom. The molecule has 30 heavy (non-hydrogen) atoms. The maximum atomic E-state index is 10.6. The first kappa shape index (κ1) is 25.3. The van der Waals surface area contributed by atoms with Gasteiger partial charge in [0.2, 0.25) is 0 Å². The van der Waals surface area contributed by atoms with E-state index in [9.17, 15) is 15.0 Å². The van der Waals surface area contributed by atoms with Crippen molar-refractivity contribution in [3.8, 4) is 0 Å². The molecular weight excluding hydrogens is 464 g/mol. The summed E-state index contributed by atoms with van der Waals surface area (Å²) >= 11 is 5.31. The van der Waals surface area contributed by atoms with Crippen molar-refractivity contribution in [1.82, 2.24) is 0 Å². The van der Waals surface area contributed by atoms with E-state index in [0.29, 0.717) is 18.8 Å². The fourth-order valence-corrected chi connectivity index (χ4v) is 5.94. The van der Waals surface area contributed by atoms with Gasteiger partial charge < -0.3 is 15.3 Å². The molecule has 0 aromatic carbocycles. The summed E-state index contributed by atoms with van der Waals surface area (Å²) in [7, 11) is 0. The molecule has 1 aliphatic carbocycles. The normalized spacial score (nSPS) is 25.5. The van der Waals surface area contributed by atoms with E-state index in [-0.39, 0.29) is 24.4 Å². The smallest absolute Gasteiger partial charge is 0.303 e. The van der Waals surface area contributed by atoms with Gasteiger partial charge in [0.1, 0.15) is 0 Å². The summed E-state index contributed by atoms with van der Waals surface area (Å²) in [5.41, 5.74) is 0. The lowest BCUT2D eigenvalue weighted by molar-refractivity contribution is -0.137. The molecule has 0 amide bonds. The molecule has 2 rings (SSSR count). The lowest BCUT2D eigenvalue weighted by Gasteiger charge is -2.21. The van der Waals surface area contributed by atoms with E-state index in [0.717, 1.165) is 36.6 Å². The number of thiophene rings is 1. The zero-order valence-corrected chi connectivity index (χ0v) is 20.4. The maximum absolute atomic E-state index is 10.6. The van der Waals surface area contributed by atoms with Crippen LogP contribution in [-0.4, -0.2) is 33.5 Å². The number of carboxylic acid groups (broad SMARTS) is 1. The standard InChI is InChI=1S/C24H35BrO4S/c1-3-17-14-23(27)21(8-6-4-5-7-9-24(28)29)20(17)13-11-18(26)10-12-19-15-22(25)16(2)30-19/h4,6,11,13,15,17-18,20-21,23,26-27H,3,5,7-10,12,14H2,1-2H3,(H,28,29)/t17-,18+,20+,21-,23?/m1/s1. The van der Waals surface area contributed by atoms with Crippen LogP contribution in [0, 0.1) is 24.7 Å². The molecule has 0 saturated heterocycles. The fourth-order valence-electron chi connectivity index (χ4n) is 4.33. The molecule has 168 valence electrons. The molecule has 1 heterocycles. The molecule has 4 nitrogen and oxygen atoms in total. The predicted octanol–water partition coefficient (Wildman–Crippen LogP) is 5.89. The molecule has 0 bridgehead atoms. The van der Waals surface area contributed by atoms with Crippen LogP contribution in [0.5, 0.6) is 0 Å². The highest BCUT2D eigenvalue weighted by Crippen LogP contribution is 2.42. The van der Waals surface area contributed by atoms with Gasteiger partial charge in [-0.15, -0.1) is 11.3 Å². The SMILES string of the molecule is CC[C@@H]1CC(O)[C@H](CC=CCCCC(=O)O)[C@H]1C=C[C@@H](O)CCc1cc(Br)c(C)s1. The molecule has 1 saturated carbocycles. The molecule has 1 unspecified atom stereocenters. The van der Waals surface area contributed by atoms with Crippen molar-refractivity contribution >= 4 is 33.2 Å². The van der Waals surface area contributed by atoms with Crippen molar-refractivity contribution < 1.29 is 20.1 Å². The lowest BCUT2D eigenvalue weighted by atomic mass is 9.85. The summed E-state index contributed by atoms with van der Waals surface area (Å²) in [6.45, 7) is 4.25. The Labute approximate surface area is 192 Å². The second kappa shape index (κ2) is 12.8. The molecule has 0 spiro atoms. The van der Waals surface area contributed by atoms with Crippen LogP contribution in [0.4, 0.5) is 0 Å². The Kier molecular flexibility index (Phi) is 10.8. The number of aryl methyl sites for hydroxylation is 2. The minimum atomic E-state index is -0.758. The Hall–Kier alpha value is -0.950. The van der Waals surface area contributed by atoms with Gasteiger partial charge in [0.15, 0.2) is 0 Å². The van der Waals surface area contributed by atoms with Gasteiger partial charge in [-0.05, 0) is 85.2 Å². The highest BCUT2D eigenvalue weighted by Gasteiger charge is 2.39. The number of aliphatic hydroxyl groups is 2. The van der Waals surface area contributed by atoms with E-state index in [1.165, 1.54) is 9.75 Å². The Morgan fingerprint density at radius 2 is 2.17 bits per heavy atom. The van der Waals surface area contributed by atoms with Crippen molar-refractivity contribution in [2.24, 2.45) is 17.8 Å². The third-order valence-electron chi connectivity index (χ3n) is 6.09. The van der Waals surface area contributed by atoms with Crippen molar-refractivity contribution in [3.63, 3.8) is 0 Å². The second-order valence-electron chi connectivity index (χ2n) is 8.31. The van der Waals surface area contributed by atoms with Gasteiger partial charge in [-0.3, -0.25) is 4.79 Å². The minimum absolute atomic E-state index is 0.157. The molecular formula is C24H35BrO4S.